The number of carbonyl (C=O) groups is 2. The molecule has 1 atom stereocenters. The minimum atomic E-state index is -0.887. The van der Waals surface area contributed by atoms with Crippen LogP contribution in [-0.4, -0.2) is 22.0 Å². The highest BCUT2D eigenvalue weighted by Crippen LogP contribution is 2.19. The van der Waals surface area contributed by atoms with E-state index in [1.54, 1.807) is 31.2 Å². The summed E-state index contributed by atoms with van der Waals surface area (Å²) in [4.78, 5) is 26.8. The normalized spacial score (nSPS) is 11.9. The Morgan fingerprint density at radius 2 is 2.00 bits per heavy atom. The third kappa shape index (κ3) is 3.28. The lowest BCUT2D eigenvalue weighted by atomic mass is 10.0. The lowest BCUT2D eigenvalue weighted by Crippen LogP contribution is -2.14. The van der Waals surface area contributed by atoms with Crippen LogP contribution >= 0.6 is 0 Å². The Morgan fingerprint density at radius 1 is 1.33 bits per heavy atom. The summed E-state index contributed by atoms with van der Waals surface area (Å²) < 4.78 is 5.11. The van der Waals surface area contributed by atoms with E-state index < -0.39 is 11.9 Å². The molecule has 1 heterocycles. The van der Waals surface area contributed by atoms with E-state index in [1.165, 1.54) is 6.39 Å². The number of hydrogen-bond acceptors (Lipinski definition) is 4. The molecular formula is C15H16N2O4. The predicted molar refractivity (Wildman–Crippen MR) is 76.3 cm³/mol. The Hall–Kier alpha value is -2.63. The molecule has 1 amide bonds. The first kappa shape index (κ1) is 14.8. The molecule has 6 heteroatoms. The van der Waals surface area contributed by atoms with Crippen molar-refractivity contribution in [2.24, 2.45) is 0 Å². The van der Waals surface area contributed by atoms with Crippen molar-refractivity contribution < 1.29 is 19.1 Å². The number of aryl methyl sites for hydroxylation is 1. The zero-order chi connectivity index (χ0) is 15.4. The topological polar surface area (TPSA) is 92.4 Å². The third-order valence-electron chi connectivity index (χ3n) is 3.22. The molecule has 0 radical (unpaired) electrons. The molecule has 1 aromatic carbocycles. The average molecular weight is 288 g/mol. The standard InChI is InChI=1S/C15H16N2O4/c1-3-12-13(16-8-21-12)14(18)17-11-6-4-10(5-7-11)9(2)15(19)20/h4-9H,3H2,1-2H3,(H,17,18)(H,19,20). The van der Waals surface area contributed by atoms with E-state index in [2.05, 4.69) is 10.3 Å². The number of aromatic nitrogens is 1. The number of aliphatic carboxylic acids is 1. The van der Waals surface area contributed by atoms with Crippen molar-refractivity contribution in [3.05, 3.63) is 47.7 Å². The van der Waals surface area contributed by atoms with E-state index in [-0.39, 0.29) is 11.6 Å². The summed E-state index contributed by atoms with van der Waals surface area (Å²) in [6.45, 7) is 3.48. The zero-order valence-electron chi connectivity index (χ0n) is 11.8. The number of amides is 1. The Kier molecular flexibility index (Phi) is 4.37. The SMILES string of the molecule is CCc1ocnc1C(=O)Nc1ccc(C(C)C(=O)O)cc1. The smallest absolute Gasteiger partial charge is 0.310 e. The van der Waals surface area contributed by atoms with Crippen LogP contribution in [0.4, 0.5) is 5.69 Å². The first-order valence-corrected chi connectivity index (χ1v) is 6.59. The van der Waals surface area contributed by atoms with E-state index in [1.807, 2.05) is 6.92 Å². The molecule has 21 heavy (non-hydrogen) atoms. The van der Waals surface area contributed by atoms with Crippen molar-refractivity contribution in [2.45, 2.75) is 26.2 Å². The van der Waals surface area contributed by atoms with Crippen LogP contribution in [0.2, 0.25) is 0 Å². The lowest BCUT2D eigenvalue weighted by molar-refractivity contribution is -0.138. The summed E-state index contributed by atoms with van der Waals surface area (Å²) in [6, 6.07) is 6.69. The van der Waals surface area contributed by atoms with Gasteiger partial charge in [-0.3, -0.25) is 9.59 Å². The molecule has 1 aromatic heterocycles. The molecule has 0 spiro atoms. The van der Waals surface area contributed by atoms with E-state index in [4.69, 9.17) is 9.52 Å². The van der Waals surface area contributed by atoms with Gasteiger partial charge >= 0.3 is 5.97 Å². The molecule has 2 rings (SSSR count). The molecule has 1 unspecified atom stereocenters. The molecule has 2 N–H and O–H groups in total. The maximum absolute atomic E-state index is 12.1. The summed E-state index contributed by atoms with van der Waals surface area (Å²) in [7, 11) is 0. The molecule has 0 fully saturated rings. The van der Waals surface area contributed by atoms with Gasteiger partial charge in [-0.2, -0.15) is 0 Å². The van der Waals surface area contributed by atoms with Crippen LogP contribution in [-0.2, 0) is 11.2 Å². The number of nitrogens with zero attached hydrogens (tertiary/aromatic N) is 1. The van der Waals surface area contributed by atoms with Crippen molar-refractivity contribution >= 4 is 17.6 Å². The van der Waals surface area contributed by atoms with Gasteiger partial charge in [-0.25, -0.2) is 4.98 Å². The minimum Gasteiger partial charge on any atom is -0.481 e. The molecule has 0 saturated heterocycles. The van der Waals surface area contributed by atoms with Crippen molar-refractivity contribution in [1.82, 2.24) is 4.98 Å². The monoisotopic (exact) mass is 288 g/mol. The molecule has 2 aromatic rings. The second-order valence-corrected chi connectivity index (χ2v) is 4.61. The highest BCUT2D eigenvalue weighted by Gasteiger charge is 2.16. The van der Waals surface area contributed by atoms with Crippen LogP contribution < -0.4 is 5.32 Å². The second-order valence-electron chi connectivity index (χ2n) is 4.61. The van der Waals surface area contributed by atoms with Gasteiger partial charge in [-0.15, -0.1) is 0 Å². The van der Waals surface area contributed by atoms with Crippen molar-refractivity contribution in [2.75, 3.05) is 5.32 Å². The van der Waals surface area contributed by atoms with Gasteiger partial charge in [0.05, 0.1) is 5.92 Å². The van der Waals surface area contributed by atoms with Gasteiger partial charge in [0.2, 0.25) is 0 Å². The molecular weight excluding hydrogens is 272 g/mol. The summed E-state index contributed by atoms with van der Waals surface area (Å²) >= 11 is 0. The van der Waals surface area contributed by atoms with E-state index in [0.717, 1.165) is 0 Å². The van der Waals surface area contributed by atoms with Crippen LogP contribution in [0.1, 0.15) is 41.6 Å². The van der Waals surface area contributed by atoms with E-state index >= 15 is 0 Å². The first-order valence-electron chi connectivity index (χ1n) is 6.59. The van der Waals surface area contributed by atoms with Gasteiger partial charge in [0.1, 0.15) is 5.76 Å². The summed E-state index contributed by atoms with van der Waals surface area (Å²) in [5.41, 5.74) is 1.52. The van der Waals surface area contributed by atoms with Crippen LogP contribution in [0.5, 0.6) is 0 Å². The van der Waals surface area contributed by atoms with Gasteiger partial charge in [0.25, 0.3) is 5.91 Å². The van der Waals surface area contributed by atoms with Gasteiger partial charge in [0.15, 0.2) is 12.1 Å². The van der Waals surface area contributed by atoms with Gasteiger partial charge < -0.3 is 14.8 Å². The molecule has 0 bridgehead atoms. The fraction of sp³-hybridized carbons (Fsp3) is 0.267. The average Bonchev–Trinajstić information content (AvgIpc) is 2.95. The van der Waals surface area contributed by atoms with Gasteiger partial charge in [0, 0.05) is 12.1 Å². The largest absolute Gasteiger partial charge is 0.481 e. The number of oxazole rings is 1. The zero-order valence-corrected chi connectivity index (χ0v) is 11.8. The van der Waals surface area contributed by atoms with Gasteiger partial charge in [-0.05, 0) is 24.6 Å². The fourth-order valence-electron chi connectivity index (χ4n) is 1.89. The minimum absolute atomic E-state index is 0.264. The number of hydrogen-bond donors (Lipinski definition) is 2. The molecule has 0 aliphatic rings. The van der Waals surface area contributed by atoms with Crippen LogP contribution in [0.3, 0.4) is 0 Å². The Balaban J connectivity index is 2.10. The molecule has 110 valence electrons. The first-order chi connectivity index (χ1) is 10.0. The van der Waals surface area contributed by atoms with Crippen molar-refractivity contribution in [1.29, 1.82) is 0 Å². The highest BCUT2D eigenvalue weighted by molar-refractivity contribution is 6.03. The number of benzene rings is 1. The number of nitrogens with one attached hydrogen (secondary N) is 1. The van der Waals surface area contributed by atoms with Crippen LogP contribution in [0.25, 0.3) is 0 Å². The van der Waals surface area contributed by atoms with E-state index in [0.29, 0.717) is 23.4 Å². The Bertz CT molecular complexity index is 646. The molecule has 0 saturated carbocycles. The lowest BCUT2D eigenvalue weighted by Gasteiger charge is -2.08. The highest BCUT2D eigenvalue weighted by atomic mass is 16.4. The number of carbonyl (C=O) groups excluding carboxylic acids is 1. The van der Waals surface area contributed by atoms with Crippen molar-refractivity contribution in [3.8, 4) is 0 Å². The summed E-state index contributed by atoms with van der Waals surface area (Å²) in [6.07, 6.45) is 1.82. The van der Waals surface area contributed by atoms with Crippen LogP contribution in [0, 0.1) is 0 Å². The Labute approximate surface area is 121 Å². The Morgan fingerprint density at radius 3 is 2.57 bits per heavy atom. The number of carboxylic acid groups (broad SMARTS) is 1. The number of anilines is 1. The second kappa shape index (κ2) is 6.21. The maximum Gasteiger partial charge on any atom is 0.310 e. The summed E-state index contributed by atoms with van der Waals surface area (Å²) in [5, 5.41) is 11.6. The molecule has 0 aliphatic heterocycles. The fourth-order valence-corrected chi connectivity index (χ4v) is 1.89. The molecule has 6 nitrogen and oxygen atoms in total. The molecule has 0 aliphatic carbocycles. The van der Waals surface area contributed by atoms with Gasteiger partial charge in [-0.1, -0.05) is 19.1 Å². The number of carboxylic acids is 1. The van der Waals surface area contributed by atoms with Crippen molar-refractivity contribution in [3.63, 3.8) is 0 Å². The van der Waals surface area contributed by atoms with E-state index in [9.17, 15) is 9.59 Å². The maximum atomic E-state index is 12.1. The number of rotatable bonds is 5. The van der Waals surface area contributed by atoms with Crippen LogP contribution in [0.15, 0.2) is 35.1 Å². The third-order valence-corrected chi connectivity index (χ3v) is 3.22. The predicted octanol–water partition coefficient (Wildman–Crippen LogP) is 2.68. The quantitative estimate of drug-likeness (QED) is 0.882. The summed E-state index contributed by atoms with van der Waals surface area (Å²) in [5.74, 6) is -1.29.